The first-order valence-corrected chi connectivity index (χ1v) is 9.98. The fourth-order valence-corrected chi connectivity index (χ4v) is 3.48. The Labute approximate surface area is 164 Å². The summed E-state index contributed by atoms with van der Waals surface area (Å²) in [6.45, 7) is 2.79. The minimum Gasteiger partial charge on any atom is -0.490 e. The Morgan fingerprint density at radius 3 is 2.50 bits per heavy atom. The van der Waals surface area contributed by atoms with Gasteiger partial charge in [-0.25, -0.2) is 4.98 Å². The first kappa shape index (κ1) is 18.5. The van der Waals surface area contributed by atoms with Gasteiger partial charge in [0, 0.05) is 62.9 Å². The Kier molecular flexibility index (Phi) is 5.60. The van der Waals surface area contributed by atoms with Crippen LogP contribution in [-0.4, -0.2) is 52.0 Å². The quantitative estimate of drug-likeness (QED) is 0.796. The highest BCUT2D eigenvalue weighted by Crippen LogP contribution is 2.32. The van der Waals surface area contributed by atoms with Gasteiger partial charge in [-0.1, -0.05) is 0 Å². The second-order valence-corrected chi connectivity index (χ2v) is 7.50. The molecule has 1 aliphatic heterocycles. The number of carbonyl (C=O) groups excluding carboxylic acids is 2. The molecule has 2 aromatic rings. The Morgan fingerprint density at radius 2 is 1.86 bits per heavy atom. The van der Waals surface area contributed by atoms with Gasteiger partial charge in [0.1, 0.15) is 11.9 Å². The number of hydrogen-bond acceptors (Lipinski definition) is 4. The molecule has 4 rings (SSSR count). The summed E-state index contributed by atoms with van der Waals surface area (Å²) in [6.07, 6.45) is 9.25. The van der Waals surface area contributed by atoms with Crippen LogP contribution in [0.3, 0.4) is 0 Å². The van der Waals surface area contributed by atoms with Gasteiger partial charge in [0.15, 0.2) is 0 Å². The van der Waals surface area contributed by atoms with Crippen LogP contribution in [0.1, 0.15) is 36.0 Å². The number of hydrogen-bond donors (Lipinski definition) is 1. The highest BCUT2D eigenvalue weighted by molar-refractivity contribution is 5.94. The number of piperidine rings is 1. The molecule has 1 saturated heterocycles. The van der Waals surface area contributed by atoms with Gasteiger partial charge < -0.3 is 19.5 Å². The van der Waals surface area contributed by atoms with Crippen molar-refractivity contribution in [1.29, 1.82) is 0 Å². The van der Waals surface area contributed by atoms with Crippen molar-refractivity contribution in [3.63, 3.8) is 0 Å². The van der Waals surface area contributed by atoms with Crippen LogP contribution >= 0.6 is 0 Å². The van der Waals surface area contributed by atoms with E-state index in [1.807, 2.05) is 27.8 Å². The second kappa shape index (κ2) is 8.46. The van der Waals surface area contributed by atoms with E-state index < -0.39 is 0 Å². The normalized spacial score (nSPS) is 17.4. The zero-order valence-electron chi connectivity index (χ0n) is 15.9. The molecule has 1 N–H and O–H groups in total. The number of ether oxygens (including phenoxy) is 1. The van der Waals surface area contributed by atoms with Crippen molar-refractivity contribution < 1.29 is 14.3 Å². The fourth-order valence-electron chi connectivity index (χ4n) is 3.48. The molecule has 0 atom stereocenters. The lowest BCUT2D eigenvalue weighted by Gasteiger charge is -2.32. The number of amides is 2. The Morgan fingerprint density at radius 1 is 1.11 bits per heavy atom. The number of benzene rings is 1. The third-order valence-electron chi connectivity index (χ3n) is 5.31. The molecule has 28 heavy (non-hydrogen) atoms. The van der Waals surface area contributed by atoms with Crippen molar-refractivity contribution in [2.45, 2.75) is 38.3 Å². The van der Waals surface area contributed by atoms with Gasteiger partial charge in [0.05, 0.1) is 6.33 Å². The number of imidazole rings is 1. The first-order valence-electron chi connectivity index (χ1n) is 9.98. The third kappa shape index (κ3) is 4.71. The van der Waals surface area contributed by atoms with E-state index in [1.54, 1.807) is 24.7 Å². The number of carbonyl (C=O) groups is 2. The van der Waals surface area contributed by atoms with Crippen LogP contribution in [0.2, 0.25) is 0 Å². The molecule has 1 aromatic heterocycles. The molecular weight excluding hydrogens is 356 g/mol. The van der Waals surface area contributed by atoms with E-state index in [4.69, 9.17) is 4.74 Å². The zero-order chi connectivity index (χ0) is 19.3. The van der Waals surface area contributed by atoms with E-state index in [1.165, 1.54) is 0 Å². The van der Waals surface area contributed by atoms with Crippen molar-refractivity contribution in [1.82, 2.24) is 19.8 Å². The van der Waals surface area contributed by atoms with E-state index >= 15 is 0 Å². The summed E-state index contributed by atoms with van der Waals surface area (Å²) in [5.74, 6) is 1.28. The van der Waals surface area contributed by atoms with E-state index in [-0.39, 0.29) is 17.9 Å². The van der Waals surface area contributed by atoms with Crippen molar-refractivity contribution in [3.05, 3.63) is 48.5 Å². The number of nitrogens with one attached hydrogen (secondary N) is 1. The van der Waals surface area contributed by atoms with Gasteiger partial charge in [-0.3, -0.25) is 9.59 Å². The standard InChI is InChI=1S/C21H26N4O3/c26-20(23-10-14-24-13-9-22-15-24)16-3-5-18(6-4-16)28-19-7-11-25(12-8-19)21(27)17-1-2-17/h3-6,9,13,15,17,19H,1-2,7-8,10-12,14H2,(H,23,26). The van der Waals surface area contributed by atoms with Gasteiger partial charge >= 0.3 is 0 Å². The summed E-state index contributed by atoms with van der Waals surface area (Å²) < 4.78 is 7.96. The van der Waals surface area contributed by atoms with Gasteiger partial charge in [-0.15, -0.1) is 0 Å². The maximum Gasteiger partial charge on any atom is 0.251 e. The van der Waals surface area contributed by atoms with Crippen molar-refractivity contribution in [3.8, 4) is 5.75 Å². The molecule has 2 amide bonds. The highest BCUT2D eigenvalue weighted by atomic mass is 16.5. The average Bonchev–Trinajstić information content (AvgIpc) is 3.45. The van der Waals surface area contributed by atoms with E-state index in [2.05, 4.69) is 10.3 Å². The molecular formula is C21H26N4O3. The van der Waals surface area contributed by atoms with Crippen LogP contribution in [-0.2, 0) is 11.3 Å². The van der Waals surface area contributed by atoms with Crippen molar-refractivity contribution in [2.75, 3.05) is 19.6 Å². The van der Waals surface area contributed by atoms with Crippen molar-refractivity contribution in [2.24, 2.45) is 5.92 Å². The van der Waals surface area contributed by atoms with E-state index in [0.717, 1.165) is 44.5 Å². The van der Waals surface area contributed by atoms with Crippen LogP contribution in [0.25, 0.3) is 0 Å². The van der Waals surface area contributed by atoms with Gasteiger partial charge in [0.2, 0.25) is 5.91 Å². The summed E-state index contributed by atoms with van der Waals surface area (Å²) in [7, 11) is 0. The monoisotopic (exact) mass is 382 g/mol. The third-order valence-corrected chi connectivity index (χ3v) is 5.31. The lowest BCUT2D eigenvalue weighted by atomic mass is 10.1. The Hall–Kier alpha value is -2.83. The summed E-state index contributed by atoms with van der Waals surface area (Å²) >= 11 is 0. The van der Waals surface area contributed by atoms with E-state index in [9.17, 15) is 9.59 Å². The fraction of sp³-hybridized carbons (Fsp3) is 0.476. The molecule has 0 bridgehead atoms. The summed E-state index contributed by atoms with van der Waals surface area (Å²) in [5.41, 5.74) is 0.614. The van der Waals surface area contributed by atoms with Crippen LogP contribution in [0.4, 0.5) is 0 Å². The van der Waals surface area contributed by atoms with E-state index in [0.29, 0.717) is 24.6 Å². The SMILES string of the molecule is O=C(NCCn1ccnc1)c1ccc(OC2CCN(C(=O)C3CC3)CC2)cc1. The highest BCUT2D eigenvalue weighted by Gasteiger charge is 2.35. The summed E-state index contributed by atoms with van der Waals surface area (Å²) in [6, 6.07) is 7.25. The maximum atomic E-state index is 12.2. The summed E-state index contributed by atoms with van der Waals surface area (Å²) in [4.78, 5) is 30.3. The average molecular weight is 382 g/mol. The van der Waals surface area contributed by atoms with Gasteiger partial charge in [-0.05, 0) is 37.1 Å². The van der Waals surface area contributed by atoms with Crippen LogP contribution in [0.15, 0.2) is 43.0 Å². The number of likely N-dealkylation sites (tertiary alicyclic amines) is 1. The molecule has 1 saturated carbocycles. The predicted octanol–water partition coefficient (Wildman–Crippen LogP) is 2.09. The Bertz CT molecular complexity index is 792. The molecule has 2 fully saturated rings. The van der Waals surface area contributed by atoms with Gasteiger partial charge in [0.25, 0.3) is 5.91 Å². The van der Waals surface area contributed by atoms with Crippen molar-refractivity contribution >= 4 is 11.8 Å². The molecule has 148 valence electrons. The molecule has 7 heteroatoms. The van der Waals surface area contributed by atoms with Gasteiger partial charge in [-0.2, -0.15) is 0 Å². The number of rotatable bonds is 7. The minimum absolute atomic E-state index is 0.0986. The first-order chi connectivity index (χ1) is 13.7. The lowest BCUT2D eigenvalue weighted by molar-refractivity contribution is -0.134. The molecule has 0 spiro atoms. The number of nitrogens with zero attached hydrogens (tertiary/aromatic N) is 3. The molecule has 1 aromatic carbocycles. The predicted molar refractivity (Wildman–Crippen MR) is 104 cm³/mol. The largest absolute Gasteiger partial charge is 0.490 e. The maximum absolute atomic E-state index is 12.2. The van der Waals surface area contributed by atoms with Crippen LogP contribution < -0.4 is 10.1 Å². The zero-order valence-corrected chi connectivity index (χ0v) is 15.9. The Balaban J connectivity index is 1.21. The lowest BCUT2D eigenvalue weighted by Crippen LogP contribution is -2.42. The molecule has 7 nitrogen and oxygen atoms in total. The topological polar surface area (TPSA) is 76.5 Å². The molecule has 0 radical (unpaired) electrons. The smallest absolute Gasteiger partial charge is 0.251 e. The molecule has 2 aliphatic rings. The molecule has 1 aliphatic carbocycles. The number of aromatic nitrogens is 2. The molecule has 0 unspecified atom stereocenters. The van der Waals surface area contributed by atoms with Crippen LogP contribution in [0.5, 0.6) is 5.75 Å². The van der Waals surface area contributed by atoms with Crippen LogP contribution in [0, 0.1) is 5.92 Å². The minimum atomic E-state index is -0.0986. The second-order valence-electron chi connectivity index (χ2n) is 7.50. The molecule has 2 heterocycles. The summed E-state index contributed by atoms with van der Waals surface area (Å²) in [5, 5.41) is 2.90.